The summed E-state index contributed by atoms with van der Waals surface area (Å²) >= 11 is 0. The normalized spacial score (nSPS) is 31.7. The predicted molar refractivity (Wildman–Crippen MR) is 356 cm³/mol. The fraction of sp³-hybridized carbons (Fsp3) is 0.929. The summed E-state index contributed by atoms with van der Waals surface area (Å²) in [6.07, 6.45) is 9.49. The summed E-state index contributed by atoms with van der Waals surface area (Å²) in [7, 11) is 0. The zero-order valence-corrected chi connectivity index (χ0v) is 58.3. The summed E-state index contributed by atoms with van der Waals surface area (Å²) in [5.74, 6) is -1.80. The van der Waals surface area contributed by atoms with Gasteiger partial charge in [0.25, 0.3) is 0 Å². The van der Waals surface area contributed by atoms with E-state index in [2.05, 4.69) is 29.8 Å². The van der Waals surface area contributed by atoms with Crippen LogP contribution in [0.5, 0.6) is 0 Å². The standard InChI is InChI=1S/C70H129N3O23/c1-5-7-9-11-13-15-17-19-20-21-22-23-24-25-26-28-30-32-34-36-38-40-54(81)73-48(49(80)39-37-35-33-31-29-27-18-16-14-12-10-8-6-2)45-89-69-62(87)61(86)64(52(43-76)92-69)94-70-63(88)66(96-68-56(72-47(4)79)60(85)58(83)51(42-75)91-68)65(53(44-77)93-70)95-67-55(71-46(3)78)59(84)57(82)50(41-74)90-67/h37,39,48-53,55-70,74-77,80,82-88H,5-36,38,40-45H2,1-4H3,(H,71,78)(H,72,79)(H,73,81)/b39-37+/t48-,49+,50?,51?,52?,53?,55?,56?,57-,58+,59+,60+,61+,62?,63?,64+,65-,66+,67-,68-,69+,70-/m0/s1. The molecule has 0 aromatic heterocycles. The number of hydrogen-bond acceptors (Lipinski definition) is 23. The number of carbonyl (C=O) groups excluding carboxylic acids is 3. The average molecular weight is 1380 g/mol. The Bertz CT molecular complexity index is 2060. The number of aliphatic hydroxyl groups excluding tert-OH is 12. The summed E-state index contributed by atoms with van der Waals surface area (Å²) in [4.78, 5) is 38.4. The largest absolute Gasteiger partial charge is 0.394 e. The van der Waals surface area contributed by atoms with Gasteiger partial charge in [-0.25, -0.2) is 0 Å². The first-order valence-corrected chi connectivity index (χ1v) is 36.9. The van der Waals surface area contributed by atoms with Gasteiger partial charge in [-0.05, 0) is 19.3 Å². The Kier molecular flexibility index (Phi) is 44.5. The molecule has 4 heterocycles. The number of rotatable bonds is 52. The molecule has 8 unspecified atom stereocenters. The third-order valence-electron chi connectivity index (χ3n) is 19.0. The predicted octanol–water partition coefficient (Wildman–Crippen LogP) is 4.27. The zero-order chi connectivity index (χ0) is 70.2. The van der Waals surface area contributed by atoms with E-state index in [1.807, 2.05) is 6.08 Å². The highest BCUT2D eigenvalue weighted by Gasteiger charge is 2.57. The number of aliphatic hydroxyl groups is 12. The van der Waals surface area contributed by atoms with Crippen LogP contribution in [0.1, 0.15) is 246 Å². The molecule has 22 atom stereocenters. The second-order valence-electron chi connectivity index (χ2n) is 27.2. The highest BCUT2D eigenvalue weighted by Crippen LogP contribution is 2.36. The van der Waals surface area contributed by atoms with Crippen molar-refractivity contribution >= 4 is 17.7 Å². The molecule has 4 saturated heterocycles. The number of allylic oxidation sites excluding steroid dienone is 1. The highest BCUT2D eigenvalue weighted by atomic mass is 16.8. The van der Waals surface area contributed by atoms with E-state index in [4.69, 9.17) is 37.9 Å². The molecule has 4 aliphatic heterocycles. The van der Waals surface area contributed by atoms with Crippen LogP contribution in [0.25, 0.3) is 0 Å². The number of carbonyl (C=O) groups is 3. The first-order chi connectivity index (χ1) is 46.3. The quantitative estimate of drug-likeness (QED) is 0.0299. The first-order valence-electron chi connectivity index (χ1n) is 36.9. The lowest BCUT2D eigenvalue weighted by Crippen LogP contribution is -2.70. The smallest absolute Gasteiger partial charge is 0.220 e. The van der Waals surface area contributed by atoms with E-state index in [1.165, 1.54) is 154 Å². The molecule has 26 heteroatoms. The van der Waals surface area contributed by atoms with E-state index in [1.54, 1.807) is 6.08 Å². The SMILES string of the molecule is CCCCCCCCCCCCC/C=C/[C@@H](O)[C@H](CO[C@@H]1OC(CO)[C@@H](O[C@@H]2OC(CO)[C@H](O[C@@H]3OC(CO)[C@H](O)[C@H](O)C3NC(C)=O)[C@H](O[C@@H]3OC(CO)[C@@H](O)[C@H](O)C3NC(C)=O)C2O)[C@H](O)C1O)NC(=O)CCCCCCCCCCCCCCCCCCCCCCC. The topological polar surface area (TPSA) is 404 Å². The molecule has 0 bridgehead atoms. The van der Waals surface area contributed by atoms with E-state index in [0.717, 1.165) is 58.8 Å². The third-order valence-corrected chi connectivity index (χ3v) is 19.0. The van der Waals surface area contributed by atoms with Crippen molar-refractivity contribution in [2.75, 3.05) is 33.0 Å². The summed E-state index contributed by atoms with van der Waals surface area (Å²) in [6, 6.07) is -4.26. The summed E-state index contributed by atoms with van der Waals surface area (Å²) in [5, 5.41) is 141. The molecule has 96 heavy (non-hydrogen) atoms. The Morgan fingerprint density at radius 3 is 1.17 bits per heavy atom. The van der Waals surface area contributed by atoms with E-state index >= 15 is 0 Å². The zero-order valence-electron chi connectivity index (χ0n) is 58.3. The lowest BCUT2D eigenvalue weighted by atomic mass is 9.94. The summed E-state index contributed by atoms with van der Waals surface area (Å²) in [6.45, 7) is 2.56. The molecule has 0 saturated carbocycles. The molecule has 26 nitrogen and oxygen atoms in total. The van der Waals surface area contributed by atoms with Gasteiger partial charge in [0.15, 0.2) is 25.2 Å². The highest BCUT2D eigenvalue weighted by molar-refractivity contribution is 5.76. The maximum absolute atomic E-state index is 13.5. The Labute approximate surface area is 571 Å². The van der Waals surface area contributed by atoms with Gasteiger partial charge in [0.1, 0.15) is 97.5 Å². The van der Waals surface area contributed by atoms with Crippen LogP contribution in [-0.4, -0.2) is 247 Å². The van der Waals surface area contributed by atoms with Gasteiger partial charge in [-0.3, -0.25) is 14.4 Å². The first kappa shape index (κ1) is 85.8. The molecule has 0 radical (unpaired) electrons. The maximum Gasteiger partial charge on any atom is 0.220 e. The van der Waals surface area contributed by atoms with Gasteiger partial charge in [0.05, 0.1) is 45.2 Å². The van der Waals surface area contributed by atoms with Crippen molar-refractivity contribution in [2.24, 2.45) is 0 Å². The molecule has 0 aromatic rings. The van der Waals surface area contributed by atoms with Crippen LogP contribution < -0.4 is 16.0 Å². The molecule has 4 aliphatic rings. The second kappa shape index (κ2) is 49.8. The molecular weight excluding hydrogens is 1250 g/mol. The Balaban J connectivity index is 1.40. The lowest BCUT2D eigenvalue weighted by molar-refractivity contribution is -0.391. The molecule has 3 amide bonds. The minimum Gasteiger partial charge on any atom is -0.394 e. The number of nitrogens with one attached hydrogen (secondary N) is 3. The van der Waals surface area contributed by atoms with E-state index in [-0.39, 0.29) is 12.3 Å². The Morgan fingerprint density at radius 1 is 0.406 bits per heavy atom. The molecule has 15 N–H and O–H groups in total. The van der Waals surface area contributed by atoms with Crippen molar-refractivity contribution in [3.05, 3.63) is 12.2 Å². The van der Waals surface area contributed by atoms with Crippen LogP contribution in [0, 0.1) is 0 Å². The number of ether oxygens (including phenoxy) is 8. The minimum absolute atomic E-state index is 0.198. The Morgan fingerprint density at radius 2 is 0.760 bits per heavy atom. The fourth-order valence-electron chi connectivity index (χ4n) is 13.2. The average Bonchev–Trinajstić information content (AvgIpc) is 0.778. The van der Waals surface area contributed by atoms with Crippen LogP contribution in [0.4, 0.5) is 0 Å². The molecular formula is C70H129N3O23. The minimum atomic E-state index is -2.18. The Hall–Kier alpha value is -2.65. The van der Waals surface area contributed by atoms with Gasteiger partial charge >= 0.3 is 0 Å². The van der Waals surface area contributed by atoms with Crippen molar-refractivity contribution in [3.63, 3.8) is 0 Å². The van der Waals surface area contributed by atoms with Crippen LogP contribution in [-0.2, 0) is 52.3 Å². The van der Waals surface area contributed by atoms with Gasteiger partial charge in [-0.15, -0.1) is 0 Å². The van der Waals surface area contributed by atoms with Gasteiger partial charge in [0.2, 0.25) is 17.7 Å². The van der Waals surface area contributed by atoms with E-state index in [0.29, 0.717) is 12.8 Å². The van der Waals surface area contributed by atoms with E-state index < -0.39 is 180 Å². The summed E-state index contributed by atoms with van der Waals surface area (Å²) in [5.41, 5.74) is 0. The molecule has 4 fully saturated rings. The number of hydrogen-bond donors (Lipinski definition) is 15. The number of unbranched alkanes of at least 4 members (excludes halogenated alkanes) is 31. The van der Waals surface area contributed by atoms with Crippen molar-refractivity contribution in [2.45, 2.75) is 381 Å². The summed E-state index contributed by atoms with van der Waals surface area (Å²) < 4.78 is 48.2. The van der Waals surface area contributed by atoms with Crippen molar-refractivity contribution in [3.8, 4) is 0 Å². The molecule has 0 aliphatic carbocycles. The number of amides is 3. The van der Waals surface area contributed by atoms with Gasteiger partial charge in [0, 0.05) is 20.3 Å². The monoisotopic (exact) mass is 1380 g/mol. The van der Waals surface area contributed by atoms with Crippen molar-refractivity contribution in [1.29, 1.82) is 0 Å². The second-order valence-corrected chi connectivity index (χ2v) is 27.2. The van der Waals surface area contributed by atoms with Gasteiger partial charge in [-0.2, -0.15) is 0 Å². The van der Waals surface area contributed by atoms with Crippen LogP contribution in [0.15, 0.2) is 12.2 Å². The molecule has 0 aromatic carbocycles. The molecule has 0 spiro atoms. The van der Waals surface area contributed by atoms with Crippen LogP contribution in [0.3, 0.4) is 0 Å². The third kappa shape index (κ3) is 30.5. The lowest BCUT2D eigenvalue weighted by Gasteiger charge is -2.51. The molecule has 562 valence electrons. The van der Waals surface area contributed by atoms with E-state index in [9.17, 15) is 75.7 Å². The fourth-order valence-corrected chi connectivity index (χ4v) is 13.2. The van der Waals surface area contributed by atoms with Crippen molar-refractivity contribution < 1.29 is 114 Å². The van der Waals surface area contributed by atoms with Crippen molar-refractivity contribution in [1.82, 2.24) is 16.0 Å². The molecule has 4 rings (SSSR count). The maximum atomic E-state index is 13.5. The van der Waals surface area contributed by atoms with Crippen LogP contribution in [0.2, 0.25) is 0 Å². The van der Waals surface area contributed by atoms with Crippen LogP contribution >= 0.6 is 0 Å². The van der Waals surface area contributed by atoms with Gasteiger partial charge < -0.3 is 115 Å². The van der Waals surface area contributed by atoms with Gasteiger partial charge in [-0.1, -0.05) is 219 Å².